The fourth-order valence-corrected chi connectivity index (χ4v) is 5.80. The van der Waals surface area contributed by atoms with E-state index in [1.807, 2.05) is 0 Å². The van der Waals surface area contributed by atoms with Crippen molar-refractivity contribution in [2.75, 3.05) is 19.7 Å². The number of furan rings is 1. The molecule has 1 aliphatic carbocycles. The van der Waals surface area contributed by atoms with Crippen LogP contribution in [0.2, 0.25) is 0 Å². The van der Waals surface area contributed by atoms with Gasteiger partial charge in [0.1, 0.15) is 11.5 Å². The molecule has 1 saturated heterocycles. The minimum absolute atomic E-state index is 0.0197. The average molecular weight is 488 g/mol. The van der Waals surface area contributed by atoms with Crippen LogP contribution in [0.25, 0.3) is 0 Å². The number of hydrogen-bond donors (Lipinski definition) is 1. The highest BCUT2D eigenvalue weighted by Gasteiger charge is 2.29. The lowest BCUT2D eigenvalue weighted by Gasteiger charge is -2.27. The first kappa shape index (κ1) is 24.0. The van der Waals surface area contributed by atoms with Crippen LogP contribution in [0, 0.1) is 0 Å². The van der Waals surface area contributed by atoms with Crippen LogP contribution < -0.4 is 10.5 Å². The Hall–Kier alpha value is -3.11. The molecule has 1 aromatic heterocycles. The fourth-order valence-electron chi connectivity index (χ4n) is 4.26. The molecule has 1 aromatic carbocycles. The van der Waals surface area contributed by atoms with Crippen LogP contribution in [0.3, 0.4) is 0 Å². The summed E-state index contributed by atoms with van der Waals surface area (Å²) in [5, 5.41) is 0. The zero-order valence-corrected chi connectivity index (χ0v) is 19.8. The van der Waals surface area contributed by atoms with Gasteiger partial charge in [-0.15, -0.1) is 0 Å². The Morgan fingerprint density at radius 3 is 2.56 bits per heavy atom. The van der Waals surface area contributed by atoms with Crippen LogP contribution in [0.1, 0.15) is 54.6 Å². The number of nitrogens with zero attached hydrogens (tertiary/aromatic N) is 2. The van der Waals surface area contributed by atoms with Crippen molar-refractivity contribution >= 4 is 21.8 Å². The zero-order chi connectivity index (χ0) is 24.1. The summed E-state index contributed by atoms with van der Waals surface area (Å²) in [6.45, 7) is 0.831. The van der Waals surface area contributed by atoms with Gasteiger partial charge in [0, 0.05) is 18.8 Å². The molecule has 0 radical (unpaired) electrons. The lowest BCUT2D eigenvalue weighted by atomic mass is 10.0. The highest BCUT2D eigenvalue weighted by molar-refractivity contribution is 7.89. The third-order valence-electron chi connectivity index (χ3n) is 6.08. The molecule has 2 aromatic rings. The van der Waals surface area contributed by atoms with Gasteiger partial charge in [0.05, 0.1) is 23.3 Å². The van der Waals surface area contributed by atoms with Gasteiger partial charge in [-0.25, -0.2) is 8.42 Å². The number of carbonyl (C=O) groups is 2. The SMILES string of the molecule is NC(=O)c1cc(S(=O)(=O)N2CCCC2)ccc1OCC(=O)N(Cc1ccco1)C1=CCCCC1. The highest BCUT2D eigenvalue weighted by Crippen LogP contribution is 2.27. The quantitative estimate of drug-likeness (QED) is 0.580. The smallest absolute Gasteiger partial charge is 0.265 e. The van der Waals surface area contributed by atoms with Crippen molar-refractivity contribution in [3.05, 3.63) is 59.7 Å². The number of sulfonamides is 1. The number of hydrogen-bond acceptors (Lipinski definition) is 6. The van der Waals surface area contributed by atoms with Gasteiger partial charge in [-0.05, 0) is 68.9 Å². The normalized spacial score (nSPS) is 16.8. The van der Waals surface area contributed by atoms with Gasteiger partial charge < -0.3 is 19.8 Å². The predicted octanol–water partition coefficient (Wildman–Crippen LogP) is 3.03. The molecule has 9 nitrogen and oxygen atoms in total. The first-order valence-corrected chi connectivity index (χ1v) is 12.9. The summed E-state index contributed by atoms with van der Waals surface area (Å²) in [5.41, 5.74) is 6.34. The monoisotopic (exact) mass is 487 g/mol. The first-order chi connectivity index (χ1) is 16.4. The molecule has 2 amide bonds. The number of ether oxygens (including phenoxy) is 1. The third-order valence-corrected chi connectivity index (χ3v) is 7.97. The summed E-state index contributed by atoms with van der Waals surface area (Å²) in [4.78, 5) is 26.8. The molecule has 2 N–H and O–H groups in total. The van der Waals surface area contributed by atoms with E-state index in [0.717, 1.165) is 44.2 Å². The van der Waals surface area contributed by atoms with E-state index in [2.05, 4.69) is 6.08 Å². The molecule has 1 aliphatic heterocycles. The lowest BCUT2D eigenvalue weighted by Crippen LogP contribution is -2.34. The van der Waals surface area contributed by atoms with E-state index in [0.29, 0.717) is 18.8 Å². The maximum Gasteiger partial charge on any atom is 0.265 e. The van der Waals surface area contributed by atoms with E-state index < -0.39 is 15.9 Å². The second-order valence-corrected chi connectivity index (χ2v) is 10.4. The molecule has 1 fully saturated rings. The molecule has 4 rings (SSSR count). The van der Waals surface area contributed by atoms with Gasteiger partial charge in [0.15, 0.2) is 6.61 Å². The number of carbonyl (C=O) groups excluding carboxylic acids is 2. The van der Waals surface area contributed by atoms with E-state index in [1.54, 1.807) is 23.3 Å². The van der Waals surface area contributed by atoms with Crippen molar-refractivity contribution in [2.24, 2.45) is 5.73 Å². The topological polar surface area (TPSA) is 123 Å². The molecule has 10 heteroatoms. The van der Waals surface area contributed by atoms with Gasteiger partial charge in [-0.3, -0.25) is 9.59 Å². The standard InChI is InChI=1S/C24H29N3O6S/c25-24(29)21-15-20(34(30,31)26-12-4-5-13-26)10-11-22(21)33-17-23(28)27(16-19-9-6-14-32-19)18-7-2-1-3-8-18/h6-7,9-11,14-15H,1-5,8,12-13,16-17H2,(H2,25,29). The van der Waals surface area contributed by atoms with Crippen molar-refractivity contribution in [1.82, 2.24) is 9.21 Å². The predicted molar refractivity (Wildman–Crippen MR) is 124 cm³/mol. The maximum atomic E-state index is 13.1. The molecular weight excluding hydrogens is 458 g/mol. The van der Waals surface area contributed by atoms with Crippen molar-refractivity contribution < 1.29 is 27.2 Å². The van der Waals surface area contributed by atoms with Crippen molar-refractivity contribution in [3.8, 4) is 5.75 Å². The average Bonchev–Trinajstić information content (AvgIpc) is 3.56. The Bertz CT molecular complexity index is 1170. The number of nitrogens with two attached hydrogens (primary N) is 1. The summed E-state index contributed by atoms with van der Waals surface area (Å²) in [7, 11) is -3.72. The molecule has 2 heterocycles. The van der Waals surface area contributed by atoms with Crippen LogP contribution in [-0.2, 0) is 21.4 Å². The molecule has 0 unspecified atom stereocenters. The molecule has 34 heavy (non-hydrogen) atoms. The Labute approximate surface area is 199 Å². The maximum absolute atomic E-state index is 13.1. The summed E-state index contributed by atoms with van der Waals surface area (Å²) in [6.07, 6.45) is 8.97. The Kier molecular flexibility index (Phi) is 7.38. The fraction of sp³-hybridized carbons (Fsp3) is 0.417. The van der Waals surface area contributed by atoms with Gasteiger partial charge in [-0.2, -0.15) is 4.31 Å². The van der Waals surface area contributed by atoms with E-state index in [9.17, 15) is 18.0 Å². The number of benzene rings is 1. The minimum atomic E-state index is -3.72. The van der Waals surface area contributed by atoms with Crippen LogP contribution in [-0.4, -0.2) is 49.1 Å². The largest absolute Gasteiger partial charge is 0.483 e. The molecule has 0 atom stereocenters. The van der Waals surface area contributed by atoms with E-state index in [1.165, 1.54) is 22.5 Å². The summed E-state index contributed by atoms with van der Waals surface area (Å²) < 4.78 is 38.2. The van der Waals surface area contributed by atoms with E-state index in [4.69, 9.17) is 14.9 Å². The van der Waals surface area contributed by atoms with Crippen molar-refractivity contribution in [2.45, 2.75) is 50.0 Å². The summed E-state index contributed by atoms with van der Waals surface area (Å²) in [6, 6.07) is 7.55. The summed E-state index contributed by atoms with van der Waals surface area (Å²) in [5.74, 6) is -0.414. The van der Waals surface area contributed by atoms with Crippen LogP contribution in [0.4, 0.5) is 0 Å². The Balaban J connectivity index is 1.52. The first-order valence-electron chi connectivity index (χ1n) is 11.4. The molecule has 0 spiro atoms. The van der Waals surface area contributed by atoms with E-state index >= 15 is 0 Å². The van der Waals surface area contributed by atoms with Crippen LogP contribution >= 0.6 is 0 Å². The zero-order valence-electron chi connectivity index (χ0n) is 18.9. The number of primary amides is 1. The lowest BCUT2D eigenvalue weighted by molar-refractivity contribution is -0.132. The highest BCUT2D eigenvalue weighted by atomic mass is 32.2. The third kappa shape index (κ3) is 5.34. The van der Waals surface area contributed by atoms with Crippen LogP contribution in [0.15, 0.2) is 57.7 Å². The number of rotatable bonds is 9. The van der Waals surface area contributed by atoms with Gasteiger partial charge in [-0.1, -0.05) is 6.08 Å². The Morgan fingerprint density at radius 1 is 1.12 bits per heavy atom. The second kappa shape index (κ2) is 10.4. The van der Waals surface area contributed by atoms with Crippen molar-refractivity contribution in [1.29, 1.82) is 0 Å². The molecule has 182 valence electrons. The Morgan fingerprint density at radius 2 is 1.91 bits per heavy atom. The molecule has 2 aliphatic rings. The van der Waals surface area contributed by atoms with Gasteiger partial charge >= 0.3 is 0 Å². The van der Waals surface area contributed by atoms with Gasteiger partial charge in [0.25, 0.3) is 11.8 Å². The number of allylic oxidation sites excluding steroid dienone is 2. The second-order valence-electron chi connectivity index (χ2n) is 8.42. The van der Waals surface area contributed by atoms with Gasteiger partial charge in [0.2, 0.25) is 10.0 Å². The van der Waals surface area contributed by atoms with E-state index in [-0.39, 0.29) is 35.3 Å². The number of amides is 2. The van der Waals surface area contributed by atoms with Crippen LogP contribution in [0.5, 0.6) is 5.75 Å². The molecular formula is C24H29N3O6S. The van der Waals surface area contributed by atoms with Crippen molar-refractivity contribution in [3.63, 3.8) is 0 Å². The molecule has 0 saturated carbocycles. The molecule has 0 bridgehead atoms. The summed E-state index contributed by atoms with van der Waals surface area (Å²) >= 11 is 0. The minimum Gasteiger partial charge on any atom is -0.483 e.